The van der Waals surface area contributed by atoms with Crippen molar-refractivity contribution in [3.8, 4) is 5.75 Å². The van der Waals surface area contributed by atoms with Crippen molar-refractivity contribution in [1.82, 2.24) is 4.68 Å². The van der Waals surface area contributed by atoms with Crippen LogP contribution in [0, 0.1) is 13.8 Å². The summed E-state index contributed by atoms with van der Waals surface area (Å²) >= 11 is 19.3. The van der Waals surface area contributed by atoms with Gasteiger partial charge in [-0.05, 0) is 82.4 Å². The van der Waals surface area contributed by atoms with E-state index in [0.29, 0.717) is 25.0 Å². The van der Waals surface area contributed by atoms with E-state index in [1.54, 1.807) is 17.1 Å². The highest BCUT2D eigenvalue weighted by atomic mass is 35.5. The number of carbonyl (C=O) groups is 1. The van der Waals surface area contributed by atoms with Gasteiger partial charge in [0.2, 0.25) is 0 Å². The van der Waals surface area contributed by atoms with E-state index in [1.165, 1.54) is 11.8 Å². The highest BCUT2D eigenvalue weighted by Crippen LogP contribution is 2.36. The first-order chi connectivity index (χ1) is 17.2. The Morgan fingerprint density at radius 3 is 2.36 bits per heavy atom. The molecule has 1 fully saturated rings. The summed E-state index contributed by atoms with van der Waals surface area (Å²) in [6.45, 7) is 10.1. The number of carbonyl (C=O) groups excluding carboxylic acids is 1. The molecule has 5 nitrogen and oxygen atoms in total. The molecule has 2 heterocycles. The largest absolute Gasteiger partial charge is 0.488 e. The van der Waals surface area contributed by atoms with Crippen molar-refractivity contribution in [3.05, 3.63) is 86.0 Å². The molecule has 0 N–H and O–H groups in total. The Labute approximate surface area is 231 Å². The van der Waals surface area contributed by atoms with Gasteiger partial charge >= 0.3 is 0 Å². The topological polar surface area (TPSA) is 37.7 Å². The molecule has 0 bridgehead atoms. The molecule has 4 rings (SSSR count). The summed E-state index contributed by atoms with van der Waals surface area (Å²) < 4.78 is 8.60. The summed E-state index contributed by atoms with van der Waals surface area (Å²) in [6, 6.07) is 15.3. The number of benzene rings is 2. The molecule has 1 saturated heterocycles. The van der Waals surface area contributed by atoms with E-state index in [-0.39, 0.29) is 12.5 Å². The van der Waals surface area contributed by atoms with Gasteiger partial charge in [-0.2, -0.15) is 5.01 Å². The molecule has 1 aliphatic heterocycles. The summed E-state index contributed by atoms with van der Waals surface area (Å²) in [5, 5.41) is 2.67. The third-order valence-electron chi connectivity index (χ3n) is 6.02. The zero-order chi connectivity index (χ0) is 26.0. The molecule has 0 atom stereocenters. The average molecular weight is 561 g/mol. The summed E-state index contributed by atoms with van der Waals surface area (Å²) in [6.07, 6.45) is 1.85. The van der Waals surface area contributed by atoms with Crippen LogP contribution in [0.4, 0.5) is 5.69 Å². The van der Waals surface area contributed by atoms with E-state index in [9.17, 15) is 4.79 Å². The number of aromatic nitrogens is 1. The van der Waals surface area contributed by atoms with E-state index in [4.69, 9.17) is 40.2 Å². The molecule has 0 aliphatic carbocycles. The Morgan fingerprint density at radius 1 is 1.03 bits per heavy atom. The van der Waals surface area contributed by atoms with Crippen LogP contribution >= 0.6 is 47.2 Å². The lowest BCUT2D eigenvalue weighted by atomic mass is 10.1. The van der Waals surface area contributed by atoms with Crippen LogP contribution < -0.4 is 14.6 Å². The number of ether oxygens (including phenoxy) is 1. The maximum atomic E-state index is 13.4. The fraction of sp³-hybridized carbons (Fsp3) is 0.259. The van der Waals surface area contributed by atoms with Gasteiger partial charge in [0.25, 0.3) is 5.91 Å². The molecule has 1 aliphatic rings. The maximum absolute atomic E-state index is 13.4. The summed E-state index contributed by atoms with van der Waals surface area (Å²) in [7, 11) is 0. The van der Waals surface area contributed by atoms with Crippen LogP contribution in [-0.4, -0.2) is 28.0 Å². The first kappa shape index (κ1) is 26.6. The lowest BCUT2D eigenvalue weighted by molar-refractivity contribution is -0.114. The quantitative estimate of drug-likeness (QED) is 0.212. The van der Waals surface area contributed by atoms with Gasteiger partial charge in [0.05, 0.1) is 4.91 Å². The van der Waals surface area contributed by atoms with Crippen LogP contribution in [0.1, 0.15) is 36.4 Å². The normalized spacial score (nSPS) is 14.7. The predicted molar refractivity (Wildman–Crippen MR) is 156 cm³/mol. The molecule has 9 heteroatoms. The Kier molecular flexibility index (Phi) is 8.35. The van der Waals surface area contributed by atoms with E-state index in [2.05, 4.69) is 18.7 Å². The van der Waals surface area contributed by atoms with Crippen molar-refractivity contribution < 1.29 is 9.53 Å². The highest BCUT2D eigenvalue weighted by molar-refractivity contribution is 8.27. The number of thiocarbonyl (C=S) groups is 1. The lowest BCUT2D eigenvalue weighted by Gasteiger charge is -2.22. The second kappa shape index (κ2) is 11.3. The molecule has 1 aromatic heterocycles. The monoisotopic (exact) mass is 559 g/mol. The summed E-state index contributed by atoms with van der Waals surface area (Å²) in [5.41, 5.74) is 4.54. The van der Waals surface area contributed by atoms with Crippen molar-refractivity contribution in [1.29, 1.82) is 0 Å². The first-order valence-electron chi connectivity index (χ1n) is 11.6. The number of rotatable bonds is 8. The van der Waals surface area contributed by atoms with Crippen LogP contribution in [0.25, 0.3) is 6.08 Å². The number of nitrogens with zero attached hydrogens (tertiary/aromatic N) is 3. The molecule has 0 unspecified atom stereocenters. The second-order valence-electron chi connectivity index (χ2n) is 8.34. The number of aryl methyl sites for hydroxylation is 2. The Hall–Kier alpha value is -2.45. The van der Waals surface area contributed by atoms with E-state index < -0.39 is 0 Å². The van der Waals surface area contributed by atoms with Crippen LogP contribution in [0.15, 0.2) is 53.4 Å². The minimum absolute atomic E-state index is 0.160. The van der Waals surface area contributed by atoms with Crippen LogP contribution in [0.3, 0.4) is 0 Å². The Balaban J connectivity index is 1.69. The lowest BCUT2D eigenvalue weighted by Crippen LogP contribution is -2.39. The standard InChI is InChI=1S/C27H27Cl2N3O2S2/c1-5-30(6-2)22-12-10-19(24(15-22)34-16-20-9-11-21(28)14-23(20)29)13-25-26(33)32(27(35)36-25)31-17(3)7-8-18(31)4/h7-15H,5-6,16H2,1-4H3/b25-13+. The number of amides is 1. The van der Waals surface area contributed by atoms with Crippen LogP contribution in [-0.2, 0) is 11.4 Å². The van der Waals surface area contributed by atoms with Gasteiger partial charge in [-0.25, -0.2) is 0 Å². The van der Waals surface area contributed by atoms with Crippen LogP contribution in [0.5, 0.6) is 5.75 Å². The number of hydrogen-bond acceptors (Lipinski definition) is 5. The van der Waals surface area contributed by atoms with Gasteiger partial charge < -0.3 is 9.64 Å². The zero-order valence-electron chi connectivity index (χ0n) is 20.5. The summed E-state index contributed by atoms with van der Waals surface area (Å²) in [4.78, 5) is 16.2. The number of hydrogen-bond donors (Lipinski definition) is 0. The highest BCUT2D eigenvalue weighted by Gasteiger charge is 2.35. The predicted octanol–water partition coefficient (Wildman–Crippen LogP) is 7.37. The van der Waals surface area contributed by atoms with Crippen LogP contribution in [0.2, 0.25) is 10.0 Å². The number of anilines is 1. The molecule has 188 valence electrons. The van der Waals surface area contributed by atoms with Gasteiger partial charge in [-0.3, -0.25) is 9.47 Å². The van der Waals surface area contributed by atoms with Gasteiger partial charge in [0.1, 0.15) is 12.4 Å². The molecule has 0 spiro atoms. The number of halogens is 2. The third kappa shape index (κ3) is 5.44. The van der Waals surface area contributed by atoms with Crippen molar-refractivity contribution in [2.45, 2.75) is 34.3 Å². The van der Waals surface area contributed by atoms with E-state index in [1.807, 2.05) is 61.0 Å². The minimum atomic E-state index is -0.160. The molecular formula is C27H27Cl2N3O2S2. The van der Waals surface area contributed by atoms with Gasteiger partial charge in [-0.15, -0.1) is 0 Å². The molecule has 2 aromatic carbocycles. The van der Waals surface area contributed by atoms with E-state index in [0.717, 1.165) is 41.3 Å². The zero-order valence-corrected chi connectivity index (χ0v) is 23.7. The van der Waals surface area contributed by atoms with Gasteiger partial charge in [-0.1, -0.05) is 41.0 Å². The molecule has 36 heavy (non-hydrogen) atoms. The molecule has 3 aromatic rings. The number of thioether (sulfide) groups is 1. The van der Waals surface area contributed by atoms with Gasteiger partial charge in [0.15, 0.2) is 4.32 Å². The fourth-order valence-electron chi connectivity index (χ4n) is 4.10. The first-order valence-corrected chi connectivity index (χ1v) is 13.6. The maximum Gasteiger partial charge on any atom is 0.285 e. The van der Waals surface area contributed by atoms with E-state index >= 15 is 0 Å². The smallest absolute Gasteiger partial charge is 0.285 e. The van der Waals surface area contributed by atoms with Crippen molar-refractivity contribution in [3.63, 3.8) is 0 Å². The average Bonchev–Trinajstić information content (AvgIpc) is 3.31. The van der Waals surface area contributed by atoms with Crippen molar-refractivity contribution >= 4 is 69.2 Å². The Morgan fingerprint density at radius 2 is 1.72 bits per heavy atom. The molecule has 1 amide bonds. The second-order valence-corrected chi connectivity index (χ2v) is 10.9. The van der Waals surface area contributed by atoms with Crippen molar-refractivity contribution in [2.24, 2.45) is 0 Å². The molecular weight excluding hydrogens is 533 g/mol. The summed E-state index contributed by atoms with van der Waals surface area (Å²) in [5.74, 6) is 0.496. The minimum Gasteiger partial charge on any atom is -0.488 e. The van der Waals surface area contributed by atoms with Gasteiger partial charge in [0, 0.05) is 57.4 Å². The molecule has 0 saturated carbocycles. The van der Waals surface area contributed by atoms with Crippen molar-refractivity contribution in [2.75, 3.05) is 23.0 Å². The molecule has 0 radical (unpaired) electrons. The Bertz CT molecular complexity index is 1330. The SMILES string of the molecule is CCN(CC)c1ccc(/C=C2/SC(=S)N(n3c(C)ccc3C)C2=O)c(OCc2ccc(Cl)cc2Cl)c1. The third-order valence-corrected chi connectivity index (χ3v) is 7.89. The fourth-order valence-corrected chi connectivity index (χ4v) is 5.79.